The first-order valence-electron chi connectivity index (χ1n) is 8.27. The highest BCUT2D eigenvalue weighted by molar-refractivity contribution is 5.99. The van der Waals surface area contributed by atoms with E-state index in [-0.39, 0.29) is 39.4 Å². The van der Waals surface area contributed by atoms with Gasteiger partial charge in [0, 0.05) is 0 Å². The van der Waals surface area contributed by atoms with Crippen molar-refractivity contribution in [3.8, 4) is 5.75 Å². The Bertz CT molecular complexity index is 580. The summed E-state index contributed by atoms with van der Waals surface area (Å²) in [4.78, 5) is 0. The Hall–Kier alpha value is -1.82. The first-order chi connectivity index (χ1) is 10.4. The normalized spacial score (nSPS) is 14.0. The number of anilines is 4. The number of quaternary nitrogens is 1. The van der Waals surface area contributed by atoms with E-state index in [1.165, 1.54) is 0 Å². The highest BCUT2D eigenvalue weighted by atomic mass is 16.3. The van der Waals surface area contributed by atoms with Crippen LogP contribution < -0.4 is 27.4 Å². The van der Waals surface area contributed by atoms with Crippen LogP contribution in [0, 0.1) is 0 Å². The average molecular weight is 339 g/mol. The van der Waals surface area contributed by atoms with Gasteiger partial charge in [-0.05, 0) is 62.3 Å². The number of hydrogen-bond donors (Lipinski definition) is 5. The third-order valence-corrected chi connectivity index (χ3v) is 4.96. The zero-order valence-electron chi connectivity index (χ0n) is 16.7. The summed E-state index contributed by atoms with van der Waals surface area (Å²) >= 11 is 0. The van der Waals surface area contributed by atoms with Crippen molar-refractivity contribution in [1.82, 2.24) is 4.48 Å². The van der Waals surface area contributed by atoms with E-state index in [4.69, 9.17) is 22.9 Å². The van der Waals surface area contributed by atoms with Crippen LogP contribution in [0.5, 0.6) is 5.75 Å². The Labute approximate surface area is 146 Å². The molecule has 0 saturated heterocycles. The van der Waals surface area contributed by atoms with Crippen molar-refractivity contribution >= 4 is 28.4 Å². The standard InChI is InChI=1S/C18H35N5O/c1-16(2,3)23(17(4,5)6,18(7,8)9)14-12(21)10(19)11(20)13(22)15(14)24/h19-22H2,1-9H3/p+1. The van der Waals surface area contributed by atoms with Gasteiger partial charge in [0.2, 0.25) is 11.4 Å². The molecule has 138 valence electrons. The van der Waals surface area contributed by atoms with E-state index in [1.807, 2.05) is 0 Å². The van der Waals surface area contributed by atoms with Crippen molar-refractivity contribution in [3.05, 3.63) is 0 Å². The molecule has 24 heavy (non-hydrogen) atoms. The quantitative estimate of drug-likeness (QED) is 0.232. The highest BCUT2D eigenvalue weighted by Gasteiger charge is 2.60. The van der Waals surface area contributed by atoms with Crippen LogP contribution in [0.25, 0.3) is 0 Å². The second kappa shape index (κ2) is 5.34. The predicted molar refractivity (Wildman–Crippen MR) is 107 cm³/mol. The van der Waals surface area contributed by atoms with E-state index in [0.717, 1.165) is 0 Å². The van der Waals surface area contributed by atoms with E-state index in [9.17, 15) is 5.11 Å². The van der Waals surface area contributed by atoms with Crippen LogP contribution in [0.3, 0.4) is 0 Å². The minimum atomic E-state index is -0.308. The largest absolute Gasteiger partial charge is 0.501 e. The summed E-state index contributed by atoms with van der Waals surface area (Å²) in [6, 6.07) is 0. The van der Waals surface area contributed by atoms with Crippen molar-refractivity contribution in [2.24, 2.45) is 0 Å². The van der Waals surface area contributed by atoms with E-state index >= 15 is 0 Å². The summed E-state index contributed by atoms with van der Waals surface area (Å²) in [6.07, 6.45) is 0. The maximum absolute atomic E-state index is 11.0. The fourth-order valence-corrected chi connectivity index (χ4v) is 5.16. The van der Waals surface area contributed by atoms with Crippen LogP contribution in [-0.4, -0.2) is 21.7 Å². The Morgan fingerprint density at radius 1 is 0.583 bits per heavy atom. The number of nitrogens with two attached hydrogens (primary N) is 4. The molecule has 1 aromatic carbocycles. The minimum Gasteiger partial charge on any atom is -0.501 e. The molecule has 0 radical (unpaired) electrons. The third-order valence-electron chi connectivity index (χ3n) is 4.96. The molecule has 0 aromatic heterocycles. The Morgan fingerprint density at radius 3 is 1.17 bits per heavy atom. The Kier molecular flexibility index (Phi) is 4.50. The molecule has 0 amide bonds. The van der Waals surface area contributed by atoms with E-state index in [1.54, 1.807) is 0 Å². The number of rotatable bonds is 1. The number of benzene rings is 1. The molecule has 1 aromatic rings. The number of hydrogen-bond acceptors (Lipinski definition) is 5. The fourth-order valence-electron chi connectivity index (χ4n) is 5.16. The summed E-state index contributed by atoms with van der Waals surface area (Å²) in [5.41, 5.74) is 24.8. The van der Waals surface area contributed by atoms with Crippen LogP contribution in [0.1, 0.15) is 62.3 Å². The molecule has 0 atom stereocenters. The van der Waals surface area contributed by atoms with Crippen LogP contribution in [-0.2, 0) is 0 Å². The summed E-state index contributed by atoms with van der Waals surface area (Å²) in [5.74, 6) is -0.0843. The SMILES string of the molecule is CC(C)(C)[N+](c1c(N)c(N)c(N)c(N)c1O)(C(C)(C)C)C(C)(C)C. The molecule has 0 spiro atoms. The second-order valence-corrected chi connectivity index (χ2v) is 9.54. The van der Waals surface area contributed by atoms with Crippen molar-refractivity contribution in [1.29, 1.82) is 0 Å². The van der Waals surface area contributed by atoms with Crippen LogP contribution >= 0.6 is 0 Å². The van der Waals surface area contributed by atoms with Gasteiger partial charge in [-0.3, -0.25) is 4.48 Å². The van der Waals surface area contributed by atoms with Crippen LogP contribution in [0.2, 0.25) is 0 Å². The number of phenolic OH excluding ortho intramolecular Hbond substituents is 1. The lowest BCUT2D eigenvalue weighted by Gasteiger charge is -2.63. The number of nitrogen functional groups attached to an aromatic ring is 4. The molecule has 0 saturated carbocycles. The van der Waals surface area contributed by atoms with Crippen LogP contribution in [0.15, 0.2) is 0 Å². The number of phenols is 1. The molecule has 0 bridgehead atoms. The van der Waals surface area contributed by atoms with Gasteiger partial charge in [-0.1, -0.05) is 0 Å². The molecule has 6 nitrogen and oxygen atoms in total. The molecular formula is C18H36N5O+. The monoisotopic (exact) mass is 338 g/mol. The van der Waals surface area contributed by atoms with E-state index < -0.39 is 0 Å². The van der Waals surface area contributed by atoms with Gasteiger partial charge < -0.3 is 28.0 Å². The predicted octanol–water partition coefficient (Wildman–Crippen LogP) is 3.42. The fraction of sp³-hybridized carbons (Fsp3) is 0.667. The van der Waals surface area contributed by atoms with Crippen molar-refractivity contribution in [3.63, 3.8) is 0 Å². The maximum Gasteiger partial charge on any atom is 0.205 e. The van der Waals surface area contributed by atoms with Crippen molar-refractivity contribution in [2.75, 3.05) is 22.9 Å². The van der Waals surface area contributed by atoms with Gasteiger partial charge >= 0.3 is 0 Å². The number of nitrogens with zero attached hydrogens (tertiary/aromatic N) is 1. The van der Waals surface area contributed by atoms with E-state index in [2.05, 4.69) is 62.3 Å². The lowest BCUT2D eigenvalue weighted by atomic mass is 9.79. The van der Waals surface area contributed by atoms with Gasteiger partial charge in [0.15, 0.2) is 0 Å². The molecule has 6 heteroatoms. The third kappa shape index (κ3) is 2.44. The number of aromatic hydroxyl groups is 1. The van der Waals surface area contributed by atoms with Gasteiger partial charge in [-0.15, -0.1) is 0 Å². The van der Waals surface area contributed by atoms with Crippen molar-refractivity contribution in [2.45, 2.75) is 78.9 Å². The van der Waals surface area contributed by atoms with Gasteiger partial charge in [0.05, 0.1) is 28.0 Å². The zero-order chi connectivity index (χ0) is 19.5. The molecule has 0 heterocycles. The molecule has 0 aliphatic rings. The minimum absolute atomic E-state index is 0.0805. The summed E-state index contributed by atoms with van der Waals surface area (Å²) in [7, 11) is 0. The molecule has 1 rings (SSSR count). The molecule has 0 aliphatic carbocycles. The summed E-state index contributed by atoms with van der Waals surface area (Å²) in [6.45, 7) is 19.2. The Balaban J connectivity index is 4.27. The topological polar surface area (TPSA) is 124 Å². The first-order valence-corrected chi connectivity index (χ1v) is 8.27. The summed E-state index contributed by atoms with van der Waals surface area (Å²) < 4.78 is 0.374. The average Bonchev–Trinajstić information content (AvgIpc) is 2.34. The highest BCUT2D eigenvalue weighted by Crippen LogP contribution is 2.58. The summed E-state index contributed by atoms with van der Waals surface area (Å²) in [5, 5.41) is 11.0. The molecule has 0 aliphatic heterocycles. The molecule has 9 N–H and O–H groups in total. The molecular weight excluding hydrogens is 302 g/mol. The smallest absolute Gasteiger partial charge is 0.205 e. The maximum atomic E-state index is 11.0. The molecule has 0 unspecified atom stereocenters. The van der Waals surface area contributed by atoms with Gasteiger partial charge in [-0.25, -0.2) is 0 Å². The van der Waals surface area contributed by atoms with Gasteiger partial charge in [0.25, 0.3) is 0 Å². The molecule has 0 fully saturated rings. The van der Waals surface area contributed by atoms with Crippen LogP contribution in [0.4, 0.5) is 28.4 Å². The van der Waals surface area contributed by atoms with E-state index in [0.29, 0.717) is 15.9 Å². The van der Waals surface area contributed by atoms with Gasteiger partial charge in [0.1, 0.15) is 11.4 Å². The lowest BCUT2D eigenvalue weighted by molar-refractivity contribution is -0.0327. The second-order valence-electron chi connectivity index (χ2n) is 9.54. The zero-order valence-corrected chi connectivity index (χ0v) is 16.7. The Morgan fingerprint density at radius 2 is 0.875 bits per heavy atom. The lowest BCUT2D eigenvalue weighted by Crippen LogP contribution is -2.78. The first kappa shape index (κ1) is 20.2. The van der Waals surface area contributed by atoms with Crippen molar-refractivity contribution < 1.29 is 5.11 Å². The van der Waals surface area contributed by atoms with Gasteiger partial charge in [-0.2, -0.15) is 0 Å².